The van der Waals surface area contributed by atoms with Gasteiger partial charge in [0.25, 0.3) is 0 Å². The van der Waals surface area contributed by atoms with Crippen LogP contribution in [0.3, 0.4) is 0 Å². The molecule has 3 atom stereocenters. The van der Waals surface area contributed by atoms with E-state index in [-0.39, 0.29) is 6.61 Å². The molecule has 2 rings (SSSR count). The molecule has 0 spiro atoms. The van der Waals surface area contributed by atoms with Crippen molar-refractivity contribution in [3.8, 4) is 0 Å². The van der Waals surface area contributed by atoms with Crippen molar-refractivity contribution in [2.45, 2.75) is 32.1 Å². The number of ether oxygens (including phenoxy) is 2. The maximum absolute atomic E-state index is 11.6. The first-order valence-corrected chi connectivity index (χ1v) is 5.87. The Balaban J connectivity index is 2.21. The predicted molar refractivity (Wildman–Crippen MR) is 62.1 cm³/mol. The topological polar surface area (TPSA) is 94.9 Å². The minimum atomic E-state index is -0.828. The number of hydrogen-bond donors (Lipinski definition) is 2. The molecule has 1 aliphatic heterocycles. The Morgan fingerprint density at radius 3 is 2.94 bits per heavy atom. The molecule has 2 heterocycles. The molecule has 0 saturated carbocycles. The normalized spacial score (nSPS) is 27.4. The molecule has 0 aromatic carbocycles. The number of carbonyl (C=O) groups excluding carboxylic acids is 1. The second-order valence-corrected chi connectivity index (χ2v) is 4.25. The molecule has 0 amide bonds. The number of hydrogen-bond acceptors (Lipinski definition) is 6. The third-order valence-electron chi connectivity index (χ3n) is 2.93. The van der Waals surface area contributed by atoms with Gasteiger partial charge in [-0.25, -0.2) is 4.79 Å². The highest BCUT2D eigenvalue weighted by molar-refractivity contribution is 5.90. The number of esters is 1. The Morgan fingerprint density at radius 2 is 2.39 bits per heavy atom. The number of rotatable bonds is 3. The van der Waals surface area contributed by atoms with E-state index >= 15 is 0 Å². The number of furan rings is 1. The smallest absolute Gasteiger partial charge is 0.341 e. The molecule has 0 unspecified atom stereocenters. The Hall–Kier alpha value is -1.37. The summed E-state index contributed by atoms with van der Waals surface area (Å²) in [6.45, 7) is 3.96. The molecule has 100 valence electrons. The van der Waals surface area contributed by atoms with Crippen LogP contribution in [0.25, 0.3) is 0 Å². The molecule has 1 aliphatic rings. The molecule has 0 aliphatic carbocycles. The summed E-state index contributed by atoms with van der Waals surface area (Å²) in [5, 5.41) is 9.83. The van der Waals surface area contributed by atoms with Gasteiger partial charge < -0.3 is 24.7 Å². The van der Waals surface area contributed by atoms with Gasteiger partial charge in [-0.2, -0.15) is 0 Å². The quantitative estimate of drug-likeness (QED) is 0.765. The van der Waals surface area contributed by atoms with Gasteiger partial charge in [0.05, 0.1) is 19.3 Å². The molecular formula is C12H17NO5. The van der Waals surface area contributed by atoms with E-state index in [0.29, 0.717) is 23.7 Å². The van der Waals surface area contributed by atoms with Crippen LogP contribution in [0.15, 0.2) is 10.5 Å². The summed E-state index contributed by atoms with van der Waals surface area (Å²) in [7, 11) is 0. The van der Waals surface area contributed by atoms with Crippen molar-refractivity contribution < 1.29 is 23.8 Å². The Morgan fingerprint density at radius 1 is 1.67 bits per heavy atom. The molecule has 1 fully saturated rings. The van der Waals surface area contributed by atoms with E-state index in [0.717, 1.165) is 0 Å². The fourth-order valence-electron chi connectivity index (χ4n) is 1.94. The van der Waals surface area contributed by atoms with Gasteiger partial charge in [0, 0.05) is 0 Å². The second-order valence-electron chi connectivity index (χ2n) is 4.25. The van der Waals surface area contributed by atoms with Crippen molar-refractivity contribution in [3.05, 3.63) is 23.2 Å². The summed E-state index contributed by atoms with van der Waals surface area (Å²) in [4.78, 5) is 11.6. The summed E-state index contributed by atoms with van der Waals surface area (Å²) in [5.41, 5.74) is 6.00. The number of carbonyl (C=O) groups is 1. The van der Waals surface area contributed by atoms with Gasteiger partial charge in [0.2, 0.25) is 0 Å². The van der Waals surface area contributed by atoms with Gasteiger partial charge in [-0.3, -0.25) is 0 Å². The Kier molecular flexibility index (Phi) is 3.70. The molecule has 1 aromatic rings. The van der Waals surface area contributed by atoms with Gasteiger partial charge in [-0.05, 0) is 19.9 Å². The van der Waals surface area contributed by atoms with E-state index in [4.69, 9.17) is 19.6 Å². The maximum Gasteiger partial charge on any atom is 0.341 e. The molecule has 0 bridgehead atoms. The maximum atomic E-state index is 11.6. The lowest BCUT2D eigenvalue weighted by molar-refractivity contribution is 0.0258. The van der Waals surface area contributed by atoms with E-state index in [1.807, 2.05) is 0 Å². The zero-order chi connectivity index (χ0) is 13.3. The van der Waals surface area contributed by atoms with Crippen LogP contribution in [0, 0.1) is 6.92 Å². The zero-order valence-electron chi connectivity index (χ0n) is 10.4. The third kappa shape index (κ3) is 2.27. The Bertz CT molecular complexity index is 442. The van der Waals surface area contributed by atoms with Crippen LogP contribution in [0.2, 0.25) is 0 Å². The largest absolute Gasteiger partial charge is 0.463 e. The van der Waals surface area contributed by atoms with Crippen LogP contribution < -0.4 is 5.73 Å². The summed E-state index contributed by atoms with van der Waals surface area (Å²) >= 11 is 0. The molecule has 3 N–H and O–H groups in total. The summed E-state index contributed by atoms with van der Waals surface area (Å²) in [5.74, 6) is 0.400. The highest BCUT2D eigenvalue weighted by Gasteiger charge is 2.37. The first-order valence-electron chi connectivity index (χ1n) is 5.87. The highest BCUT2D eigenvalue weighted by Crippen LogP contribution is 2.31. The van der Waals surface area contributed by atoms with Crippen LogP contribution in [0.1, 0.15) is 34.9 Å². The van der Waals surface area contributed by atoms with Gasteiger partial charge in [-0.1, -0.05) is 0 Å². The number of aliphatic hydroxyl groups is 1. The van der Waals surface area contributed by atoms with Crippen LogP contribution in [0.4, 0.5) is 0 Å². The summed E-state index contributed by atoms with van der Waals surface area (Å²) in [6.07, 6.45) is -1.45. The van der Waals surface area contributed by atoms with Crippen molar-refractivity contribution in [2.24, 2.45) is 5.73 Å². The highest BCUT2D eigenvalue weighted by atomic mass is 16.5. The number of aryl methyl sites for hydroxylation is 1. The molecule has 6 nitrogen and oxygen atoms in total. The van der Waals surface area contributed by atoms with Crippen molar-refractivity contribution in [2.75, 3.05) is 13.2 Å². The minimum absolute atomic E-state index is 0.264. The lowest BCUT2D eigenvalue weighted by Crippen LogP contribution is -2.33. The molecule has 6 heteroatoms. The fraction of sp³-hybridized carbons (Fsp3) is 0.583. The first kappa shape index (κ1) is 13.1. The van der Waals surface area contributed by atoms with E-state index in [2.05, 4.69) is 0 Å². The van der Waals surface area contributed by atoms with E-state index < -0.39 is 24.2 Å². The standard InChI is InChI=1S/C12H17NO5/c1-3-16-12(15)7-4-9(18-6(7)2)11-10(14)8(13)5-17-11/h4,8,10-11,14H,3,5,13H2,1-2H3/t8-,10+,11-/m0/s1. The van der Waals surface area contributed by atoms with Crippen molar-refractivity contribution >= 4 is 5.97 Å². The fourth-order valence-corrected chi connectivity index (χ4v) is 1.94. The average Bonchev–Trinajstić information content (AvgIpc) is 2.85. The Labute approximate surface area is 105 Å². The molecular weight excluding hydrogens is 238 g/mol. The lowest BCUT2D eigenvalue weighted by atomic mass is 10.1. The molecule has 1 aromatic heterocycles. The van der Waals surface area contributed by atoms with Gasteiger partial charge in [-0.15, -0.1) is 0 Å². The monoisotopic (exact) mass is 255 g/mol. The summed E-state index contributed by atoms with van der Waals surface area (Å²) < 4.78 is 15.7. The molecule has 1 saturated heterocycles. The van der Waals surface area contributed by atoms with Crippen molar-refractivity contribution in [3.63, 3.8) is 0 Å². The van der Waals surface area contributed by atoms with Crippen LogP contribution in [0.5, 0.6) is 0 Å². The molecule has 18 heavy (non-hydrogen) atoms. The first-order chi connectivity index (χ1) is 8.54. The van der Waals surface area contributed by atoms with Gasteiger partial charge >= 0.3 is 5.97 Å². The summed E-state index contributed by atoms with van der Waals surface area (Å²) in [6, 6.07) is 1.10. The molecule has 0 radical (unpaired) electrons. The SMILES string of the molecule is CCOC(=O)c1cc([C@@H]2OC[C@H](N)[C@H]2O)oc1C. The minimum Gasteiger partial charge on any atom is -0.463 e. The average molecular weight is 255 g/mol. The van der Waals surface area contributed by atoms with Gasteiger partial charge in [0.15, 0.2) is 0 Å². The number of aliphatic hydroxyl groups excluding tert-OH is 1. The second kappa shape index (κ2) is 5.09. The predicted octanol–water partition coefficient (Wildman–Crippen LogP) is 0.524. The zero-order valence-corrected chi connectivity index (χ0v) is 10.4. The van der Waals surface area contributed by atoms with Crippen molar-refractivity contribution in [1.82, 2.24) is 0 Å². The van der Waals surface area contributed by atoms with Crippen LogP contribution >= 0.6 is 0 Å². The lowest BCUT2D eigenvalue weighted by Gasteiger charge is -2.12. The van der Waals surface area contributed by atoms with E-state index in [1.54, 1.807) is 19.9 Å². The third-order valence-corrected chi connectivity index (χ3v) is 2.93. The number of nitrogens with two attached hydrogens (primary N) is 1. The van der Waals surface area contributed by atoms with Gasteiger partial charge in [0.1, 0.15) is 29.3 Å². The van der Waals surface area contributed by atoms with Crippen LogP contribution in [-0.4, -0.2) is 36.4 Å². The van der Waals surface area contributed by atoms with Crippen LogP contribution in [-0.2, 0) is 9.47 Å². The van der Waals surface area contributed by atoms with Crippen molar-refractivity contribution in [1.29, 1.82) is 0 Å². The van der Waals surface area contributed by atoms with E-state index in [1.165, 1.54) is 0 Å². The van der Waals surface area contributed by atoms with E-state index in [9.17, 15) is 9.90 Å².